The molecule has 0 fully saturated rings. The van der Waals surface area contributed by atoms with Gasteiger partial charge in [0.15, 0.2) is 0 Å². The molecule has 23 heavy (non-hydrogen) atoms. The molecule has 1 aromatic carbocycles. The van der Waals surface area contributed by atoms with Crippen molar-refractivity contribution in [2.24, 2.45) is 0 Å². The lowest BCUT2D eigenvalue weighted by Gasteiger charge is -2.26. The summed E-state index contributed by atoms with van der Waals surface area (Å²) < 4.78 is 5.23. The fraction of sp³-hybridized carbons (Fsp3) is 0.500. The van der Waals surface area contributed by atoms with Crippen LogP contribution >= 0.6 is 11.3 Å². The van der Waals surface area contributed by atoms with E-state index in [1.165, 1.54) is 9.88 Å². The Bertz CT molecular complexity index is 642. The predicted molar refractivity (Wildman–Crippen MR) is 95.2 cm³/mol. The van der Waals surface area contributed by atoms with Crippen LogP contribution in [0.25, 0.3) is 0 Å². The summed E-state index contributed by atoms with van der Waals surface area (Å²) in [6.45, 7) is 6.92. The van der Waals surface area contributed by atoms with Gasteiger partial charge in [0.2, 0.25) is 0 Å². The maximum atomic E-state index is 10.5. The second kappa shape index (κ2) is 7.90. The maximum Gasteiger partial charge on any atom is 0.119 e. The smallest absolute Gasteiger partial charge is 0.119 e. The number of hydrogen-bond acceptors (Lipinski definition) is 5. The van der Waals surface area contributed by atoms with E-state index in [9.17, 15) is 5.11 Å². The molecule has 0 aliphatic rings. The molecule has 2 aromatic rings. The van der Waals surface area contributed by atoms with Gasteiger partial charge in [-0.05, 0) is 45.0 Å². The van der Waals surface area contributed by atoms with Crippen molar-refractivity contribution >= 4 is 11.3 Å². The summed E-state index contributed by atoms with van der Waals surface area (Å²) in [7, 11) is 3.68. The lowest BCUT2D eigenvalue weighted by atomic mass is 10.1. The average Bonchev–Trinajstić information content (AvgIpc) is 2.95. The zero-order valence-electron chi connectivity index (χ0n) is 14.5. The number of benzene rings is 1. The van der Waals surface area contributed by atoms with Gasteiger partial charge in [0.1, 0.15) is 5.75 Å². The highest BCUT2D eigenvalue weighted by Crippen LogP contribution is 2.30. The SMILES string of the molecule is CCc1nc(C)c(C(C)N(C)CC(O)c2cccc(OC)c2)s1. The van der Waals surface area contributed by atoms with E-state index in [-0.39, 0.29) is 6.04 Å². The van der Waals surface area contributed by atoms with Gasteiger partial charge >= 0.3 is 0 Å². The Morgan fingerprint density at radius 2 is 2.13 bits per heavy atom. The minimum absolute atomic E-state index is 0.230. The molecule has 0 spiro atoms. The summed E-state index contributed by atoms with van der Waals surface area (Å²) in [6, 6.07) is 7.83. The molecule has 4 nitrogen and oxygen atoms in total. The van der Waals surface area contributed by atoms with Crippen molar-refractivity contribution in [3.63, 3.8) is 0 Å². The third kappa shape index (κ3) is 4.31. The summed E-state index contributed by atoms with van der Waals surface area (Å²) in [6.07, 6.45) is 0.422. The Hall–Kier alpha value is -1.43. The summed E-state index contributed by atoms with van der Waals surface area (Å²) >= 11 is 1.77. The number of likely N-dealkylation sites (N-methyl/N-ethyl adjacent to an activating group) is 1. The van der Waals surface area contributed by atoms with E-state index in [1.54, 1.807) is 18.4 Å². The molecule has 2 rings (SSSR count). The van der Waals surface area contributed by atoms with Crippen LogP contribution in [-0.4, -0.2) is 35.7 Å². The fourth-order valence-electron chi connectivity index (χ4n) is 2.59. The van der Waals surface area contributed by atoms with E-state index < -0.39 is 6.10 Å². The van der Waals surface area contributed by atoms with Crippen molar-refractivity contribution in [1.29, 1.82) is 0 Å². The highest BCUT2D eigenvalue weighted by atomic mass is 32.1. The van der Waals surface area contributed by atoms with Crippen LogP contribution in [0.5, 0.6) is 5.75 Å². The van der Waals surface area contributed by atoms with Gasteiger partial charge < -0.3 is 9.84 Å². The number of aliphatic hydroxyl groups is 1. The van der Waals surface area contributed by atoms with Crippen LogP contribution in [0.4, 0.5) is 0 Å². The number of aromatic nitrogens is 1. The molecule has 0 aliphatic heterocycles. The van der Waals surface area contributed by atoms with Crippen molar-refractivity contribution in [3.05, 3.63) is 45.4 Å². The number of aryl methyl sites for hydroxylation is 2. The Labute approximate surface area is 142 Å². The lowest BCUT2D eigenvalue weighted by Crippen LogP contribution is -2.27. The molecule has 0 bridgehead atoms. The van der Waals surface area contributed by atoms with E-state index in [1.807, 2.05) is 31.3 Å². The molecule has 5 heteroatoms. The minimum atomic E-state index is -0.545. The van der Waals surface area contributed by atoms with Crippen LogP contribution in [0.1, 0.15) is 47.1 Å². The molecule has 0 saturated carbocycles. The third-order valence-corrected chi connectivity index (χ3v) is 5.63. The molecule has 0 saturated heterocycles. The van der Waals surface area contributed by atoms with Gasteiger partial charge in [-0.3, -0.25) is 4.90 Å². The quantitative estimate of drug-likeness (QED) is 0.837. The molecule has 0 amide bonds. The van der Waals surface area contributed by atoms with Gasteiger partial charge in [0.05, 0.1) is 23.9 Å². The molecule has 0 aliphatic carbocycles. The Balaban J connectivity index is 2.07. The molecule has 1 heterocycles. The number of rotatable bonds is 7. The highest BCUT2D eigenvalue weighted by molar-refractivity contribution is 7.11. The zero-order valence-corrected chi connectivity index (χ0v) is 15.4. The molecule has 1 N–H and O–H groups in total. The number of methoxy groups -OCH3 is 1. The average molecular weight is 334 g/mol. The van der Waals surface area contributed by atoms with Gasteiger partial charge in [-0.15, -0.1) is 11.3 Å². The van der Waals surface area contributed by atoms with E-state index in [2.05, 4.69) is 30.7 Å². The summed E-state index contributed by atoms with van der Waals surface area (Å²) in [5.41, 5.74) is 1.97. The van der Waals surface area contributed by atoms with E-state index in [4.69, 9.17) is 4.74 Å². The first-order chi connectivity index (χ1) is 11.0. The molecular formula is C18H26N2O2S. The van der Waals surface area contributed by atoms with Crippen LogP contribution < -0.4 is 4.74 Å². The Morgan fingerprint density at radius 1 is 1.39 bits per heavy atom. The van der Waals surface area contributed by atoms with Gasteiger partial charge in [-0.1, -0.05) is 19.1 Å². The summed E-state index contributed by atoms with van der Waals surface area (Å²) in [5, 5.41) is 11.7. The van der Waals surface area contributed by atoms with Crippen molar-refractivity contribution in [3.8, 4) is 5.75 Å². The van der Waals surface area contributed by atoms with Crippen LogP contribution in [0, 0.1) is 6.92 Å². The summed E-state index contributed by atoms with van der Waals surface area (Å²) in [4.78, 5) is 8.06. The van der Waals surface area contributed by atoms with Crippen molar-refractivity contribution in [2.75, 3.05) is 20.7 Å². The maximum absolute atomic E-state index is 10.5. The first-order valence-electron chi connectivity index (χ1n) is 7.94. The standard InChI is InChI=1S/C18H26N2O2S/c1-6-17-19-12(2)18(23-17)13(3)20(4)11-16(21)14-8-7-9-15(10-14)22-5/h7-10,13,16,21H,6,11H2,1-5H3. The molecule has 126 valence electrons. The number of ether oxygens (including phenoxy) is 1. The second-order valence-corrected chi connectivity index (χ2v) is 6.93. The topological polar surface area (TPSA) is 45.6 Å². The van der Waals surface area contributed by atoms with Crippen molar-refractivity contribution < 1.29 is 9.84 Å². The van der Waals surface area contributed by atoms with Crippen LogP contribution in [-0.2, 0) is 6.42 Å². The van der Waals surface area contributed by atoms with Gasteiger partial charge in [-0.2, -0.15) is 0 Å². The number of hydrogen-bond donors (Lipinski definition) is 1. The van der Waals surface area contributed by atoms with Crippen LogP contribution in [0.15, 0.2) is 24.3 Å². The predicted octanol–water partition coefficient (Wildman–Crippen LogP) is 3.75. The first kappa shape index (κ1) is 17.9. The number of aliphatic hydroxyl groups excluding tert-OH is 1. The van der Waals surface area contributed by atoms with Crippen molar-refractivity contribution in [2.45, 2.75) is 39.3 Å². The largest absolute Gasteiger partial charge is 0.497 e. The molecular weight excluding hydrogens is 308 g/mol. The zero-order chi connectivity index (χ0) is 17.0. The van der Waals surface area contributed by atoms with Gasteiger partial charge in [0.25, 0.3) is 0 Å². The molecule has 1 aromatic heterocycles. The third-order valence-electron chi connectivity index (χ3n) is 4.16. The van der Waals surface area contributed by atoms with E-state index in [0.717, 1.165) is 23.4 Å². The first-order valence-corrected chi connectivity index (χ1v) is 8.76. The van der Waals surface area contributed by atoms with E-state index in [0.29, 0.717) is 6.54 Å². The Morgan fingerprint density at radius 3 is 2.74 bits per heavy atom. The number of thiazole rings is 1. The van der Waals surface area contributed by atoms with Gasteiger partial charge in [-0.25, -0.2) is 4.98 Å². The second-order valence-electron chi connectivity index (χ2n) is 5.82. The van der Waals surface area contributed by atoms with Gasteiger partial charge in [0, 0.05) is 17.5 Å². The fourth-order valence-corrected chi connectivity index (χ4v) is 3.71. The molecule has 2 atom stereocenters. The van der Waals surface area contributed by atoms with Crippen LogP contribution in [0.2, 0.25) is 0 Å². The summed E-state index contributed by atoms with van der Waals surface area (Å²) in [5.74, 6) is 0.767. The van der Waals surface area contributed by atoms with E-state index >= 15 is 0 Å². The number of nitrogens with zero attached hydrogens (tertiary/aromatic N) is 2. The monoisotopic (exact) mass is 334 g/mol. The minimum Gasteiger partial charge on any atom is -0.497 e. The molecule has 0 radical (unpaired) electrons. The Kier molecular flexibility index (Phi) is 6.16. The highest BCUT2D eigenvalue weighted by Gasteiger charge is 2.20. The molecule has 2 unspecified atom stereocenters. The normalized spacial score (nSPS) is 14.0. The van der Waals surface area contributed by atoms with Crippen molar-refractivity contribution in [1.82, 2.24) is 9.88 Å². The van der Waals surface area contributed by atoms with Crippen LogP contribution in [0.3, 0.4) is 0 Å². The lowest BCUT2D eigenvalue weighted by molar-refractivity contribution is 0.109.